The van der Waals surface area contributed by atoms with E-state index in [9.17, 15) is 9.18 Å². The van der Waals surface area contributed by atoms with Crippen molar-refractivity contribution < 1.29 is 13.9 Å². The van der Waals surface area contributed by atoms with Gasteiger partial charge >= 0.3 is 0 Å². The minimum Gasteiger partial charge on any atom is -0.370 e. The SMILES string of the molecule is NCCCC(=O)N1CCOC(c2cc(F)c(Cl)cc2Cl)C1. The number of halogens is 3. The van der Waals surface area contributed by atoms with Gasteiger partial charge in [-0.05, 0) is 25.1 Å². The normalized spacial score (nSPS) is 18.9. The Hall–Kier alpha value is -0.880. The van der Waals surface area contributed by atoms with Crippen molar-refractivity contribution in [1.82, 2.24) is 4.90 Å². The van der Waals surface area contributed by atoms with Crippen molar-refractivity contribution in [2.75, 3.05) is 26.2 Å². The van der Waals surface area contributed by atoms with E-state index >= 15 is 0 Å². The topological polar surface area (TPSA) is 55.6 Å². The second-order valence-corrected chi connectivity index (χ2v) is 5.69. The lowest BCUT2D eigenvalue weighted by Crippen LogP contribution is -2.42. The maximum absolute atomic E-state index is 13.6. The van der Waals surface area contributed by atoms with E-state index in [0.29, 0.717) is 49.7 Å². The highest BCUT2D eigenvalue weighted by atomic mass is 35.5. The average molecular weight is 335 g/mol. The fraction of sp³-hybridized carbons (Fsp3) is 0.500. The molecule has 1 aliphatic heterocycles. The van der Waals surface area contributed by atoms with Crippen LogP contribution in [0.1, 0.15) is 24.5 Å². The molecule has 7 heteroatoms. The number of ether oxygens (including phenoxy) is 1. The van der Waals surface area contributed by atoms with Gasteiger partial charge in [0.15, 0.2) is 0 Å². The Morgan fingerprint density at radius 2 is 2.19 bits per heavy atom. The number of rotatable bonds is 4. The summed E-state index contributed by atoms with van der Waals surface area (Å²) in [5.41, 5.74) is 5.92. The predicted octanol–water partition coefficient (Wildman–Crippen LogP) is 2.77. The lowest BCUT2D eigenvalue weighted by molar-refractivity contribution is -0.139. The van der Waals surface area contributed by atoms with E-state index in [2.05, 4.69) is 0 Å². The van der Waals surface area contributed by atoms with Crippen molar-refractivity contribution in [1.29, 1.82) is 0 Å². The maximum atomic E-state index is 13.6. The molecule has 1 amide bonds. The number of carbonyl (C=O) groups excluding carboxylic acids is 1. The third-order valence-electron chi connectivity index (χ3n) is 3.40. The highest BCUT2D eigenvalue weighted by molar-refractivity contribution is 6.35. The van der Waals surface area contributed by atoms with Gasteiger partial charge in [0.05, 0.1) is 18.2 Å². The minimum atomic E-state index is -0.550. The van der Waals surface area contributed by atoms with Gasteiger partial charge in [-0.25, -0.2) is 4.39 Å². The number of amides is 1. The summed E-state index contributed by atoms with van der Waals surface area (Å²) in [7, 11) is 0. The first-order valence-corrected chi connectivity index (χ1v) is 7.52. The zero-order chi connectivity index (χ0) is 15.4. The Kier molecular flexibility index (Phi) is 5.81. The Labute approximate surface area is 132 Å². The Morgan fingerprint density at radius 3 is 2.90 bits per heavy atom. The van der Waals surface area contributed by atoms with Crippen molar-refractivity contribution in [2.24, 2.45) is 5.73 Å². The van der Waals surface area contributed by atoms with Crippen molar-refractivity contribution >= 4 is 29.1 Å². The molecule has 116 valence electrons. The summed E-state index contributed by atoms with van der Waals surface area (Å²) in [5, 5.41) is 0.304. The average Bonchev–Trinajstić information content (AvgIpc) is 2.48. The van der Waals surface area contributed by atoms with Gasteiger partial charge in [-0.3, -0.25) is 4.79 Å². The van der Waals surface area contributed by atoms with Crippen molar-refractivity contribution in [3.8, 4) is 0 Å². The van der Waals surface area contributed by atoms with Gasteiger partial charge < -0.3 is 15.4 Å². The van der Waals surface area contributed by atoms with E-state index in [1.54, 1.807) is 4.90 Å². The van der Waals surface area contributed by atoms with Crippen LogP contribution in [0.3, 0.4) is 0 Å². The van der Waals surface area contributed by atoms with E-state index in [1.807, 2.05) is 0 Å². The molecule has 0 saturated carbocycles. The van der Waals surface area contributed by atoms with E-state index in [4.69, 9.17) is 33.7 Å². The number of hydrogen-bond donors (Lipinski definition) is 1. The van der Waals surface area contributed by atoms with Crippen LogP contribution in [-0.2, 0) is 9.53 Å². The van der Waals surface area contributed by atoms with Gasteiger partial charge in [0.2, 0.25) is 5.91 Å². The van der Waals surface area contributed by atoms with Crippen molar-refractivity contribution in [3.05, 3.63) is 33.6 Å². The summed E-state index contributed by atoms with van der Waals surface area (Å²) in [6, 6.07) is 2.62. The molecule has 0 bridgehead atoms. The van der Waals surface area contributed by atoms with Crippen LogP contribution < -0.4 is 5.73 Å². The molecule has 1 unspecified atom stereocenters. The Bertz CT molecular complexity index is 528. The lowest BCUT2D eigenvalue weighted by atomic mass is 10.1. The summed E-state index contributed by atoms with van der Waals surface area (Å²) >= 11 is 11.8. The molecule has 1 aliphatic rings. The third kappa shape index (κ3) is 4.07. The van der Waals surface area contributed by atoms with Crippen LogP contribution in [0, 0.1) is 5.82 Å². The molecular formula is C14H17Cl2FN2O2. The number of morpholine rings is 1. The molecule has 1 fully saturated rings. The molecule has 21 heavy (non-hydrogen) atoms. The zero-order valence-electron chi connectivity index (χ0n) is 11.4. The van der Waals surface area contributed by atoms with E-state index in [0.717, 1.165) is 0 Å². The molecule has 1 saturated heterocycles. The number of hydrogen-bond acceptors (Lipinski definition) is 3. The predicted molar refractivity (Wildman–Crippen MR) is 80.0 cm³/mol. The molecular weight excluding hydrogens is 318 g/mol. The minimum absolute atomic E-state index is 0.0271. The molecule has 1 aromatic carbocycles. The summed E-state index contributed by atoms with van der Waals surface area (Å²) < 4.78 is 19.2. The number of nitrogens with zero attached hydrogens (tertiary/aromatic N) is 1. The zero-order valence-corrected chi connectivity index (χ0v) is 13.0. The fourth-order valence-electron chi connectivity index (χ4n) is 2.26. The van der Waals surface area contributed by atoms with Crippen LogP contribution >= 0.6 is 23.2 Å². The Morgan fingerprint density at radius 1 is 1.43 bits per heavy atom. The van der Waals surface area contributed by atoms with Crippen LogP contribution in [0.4, 0.5) is 4.39 Å². The van der Waals surface area contributed by atoms with Gasteiger partial charge in [0.25, 0.3) is 0 Å². The molecule has 2 N–H and O–H groups in total. The highest BCUT2D eigenvalue weighted by Crippen LogP contribution is 2.32. The molecule has 1 atom stereocenters. The Balaban J connectivity index is 2.10. The number of benzene rings is 1. The molecule has 0 spiro atoms. The van der Waals surface area contributed by atoms with Gasteiger partial charge in [-0.1, -0.05) is 23.2 Å². The first-order valence-electron chi connectivity index (χ1n) is 6.76. The van der Waals surface area contributed by atoms with Crippen molar-refractivity contribution in [2.45, 2.75) is 18.9 Å². The maximum Gasteiger partial charge on any atom is 0.222 e. The third-order valence-corrected chi connectivity index (χ3v) is 4.02. The second kappa shape index (κ2) is 7.40. The lowest BCUT2D eigenvalue weighted by Gasteiger charge is -2.33. The van der Waals surface area contributed by atoms with Gasteiger partial charge in [-0.2, -0.15) is 0 Å². The molecule has 0 radical (unpaired) electrons. The summed E-state index contributed by atoms with van der Waals surface area (Å²) in [4.78, 5) is 13.7. The van der Waals surface area contributed by atoms with Crippen LogP contribution in [-0.4, -0.2) is 37.0 Å². The summed E-state index contributed by atoms with van der Waals surface area (Å²) in [6.45, 7) is 1.74. The van der Waals surface area contributed by atoms with Gasteiger partial charge in [0, 0.05) is 23.6 Å². The first-order chi connectivity index (χ1) is 10.0. The highest BCUT2D eigenvalue weighted by Gasteiger charge is 2.27. The van der Waals surface area contributed by atoms with Crippen molar-refractivity contribution in [3.63, 3.8) is 0 Å². The number of nitrogens with two attached hydrogens (primary N) is 1. The van der Waals surface area contributed by atoms with Crippen LogP contribution in [0.5, 0.6) is 0 Å². The molecule has 0 aromatic heterocycles. The van der Waals surface area contributed by atoms with E-state index < -0.39 is 11.9 Å². The van der Waals surface area contributed by atoms with Gasteiger partial charge in [-0.15, -0.1) is 0 Å². The largest absolute Gasteiger partial charge is 0.370 e. The molecule has 2 rings (SSSR count). The molecule has 1 heterocycles. The van der Waals surface area contributed by atoms with Gasteiger partial charge in [0.1, 0.15) is 11.9 Å². The second-order valence-electron chi connectivity index (χ2n) is 4.88. The molecule has 0 aliphatic carbocycles. The van der Waals surface area contributed by atoms with E-state index in [-0.39, 0.29) is 10.9 Å². The van der Waals surface area contributed by atoms with Crippen LogP contribution in [0.25, 0.3) is 0 Å². The summed E-state index contributed by atoms with van der Waals surface area (Å²) in [6.07, 6.45) is 0.614. The van der Waals surface area contributed by atoms with E-state index in [1.165, 1.54) is 12.1 Å². The standard InChI is InChI=1S/C14H17Cl2FN2O2/c15-10-7-11(16)12(17)6-9(10)13-8-19(4-5-21-13)14(20)2-1-3-18/h6-7,13H,1-5,8,18H2. The van der Waals surface area contributed by atoms with Crippen LogP contribution in [0.2, 0.25) is 10.0 Å². The molecule has 1 aromatic rings. The molecule has 4 nitrogen and oxygen atoms in total. The first kappa shape index (κ1) is 16.5. The smallest absolute Gasteiger partial charge is 0.222 e. The summed E-state index contributed by atoms with van der Waals surface area (Å²) in [5.74, 6) is -0.523. The fourth-order valence-corrected chi connectivity index (χ4v) is 2.76. The van der Waals surface area contributed by atoms with Crippen LogP contribution in [0.15, 0.2) is 12.1 Å². The number of carbonyl (C=O) groups is 1. The quantitative estimate of drug-likeness (QED) is 0.861. The monoisotopic (exact) mass is 334 g/mol.